The number of nitrogens with zero attached hydrogens (tertiary/aromatic N) is 3. The van der Waals surface area contributed by atoms with E-state index < -0.39 is 0 Å². The number of rotatable bonds is 7. The van der Waals surface area contributed by atoms with Crippen molar-refractivity contribution in [3.63, 3.8) is 0 Å². The molecule has 2 aliphatic heterocycles. The summed E-state index contributed by atoms with van der Waals surface area (Å²) in [5.74, 6) is 0.207. The highest BCUT2D eigenvalue weighted by Crippen LogP contribution is 2.40. The summed E-state index contributed by atoms with van der Waals surface area (Å²) in [6.45, 7) is 3.30. The fourth-order valence-corrected chi connectivity index (χ4v) is 4.20. The van der Waals surface area contributed by atoms with Crippen molar-refractivity contribution in [2.45, 2.75) is 0 Å². The van der Waals surface area contributed by atoms with Crippen LogP contribution in [0.5, 0.6) is 11.5 Å². The molecule has 0 aliphatic carbocycles. The van der Waals surface area contributed by atoms with Crippen LogP contribution < -0.4 is 14.4 Å². The highest BCUT2D eigenvalue weighted by Gasteiger charge is 2.44. The molecule has 1 fully saturated rings. The summed E-state index contributed by atoms with van der Waals surface area (Å²) < 4.78 is 10.7. The van der Waals surface area contributed by atoms with Crippen LogP contribution in [0.3, 0.4) is 0 Å². The van der Waals surface area contributed by atoms with Gasteiger partial charge in [0.1, 0.15) is 17.2 Å². The number of carbonyl (C=O) groups is 2. The van der Waals surface area contributed by atoms with Crippen molar-refractivity contribution in [3.05, 3.63) is 59.8 Å². The van der Waals surface area contributed by atoms with Crippen molar-refractivity contribution >= 4 is 23.1 Å². The number of imide groups is 1. The molecule has 1 N–H and O–H groups in total. The minimum atomic E-state index is -0.377. The number of piperazine rings is 1. The quantitative estimate of drug-likeness (QED) is 0.659. The van der Waals surface area contributed by atoms with Gasteiger partial charge in [0.2, 0.25) is 0 Å². The molecule has 0 spiro atoms. The van der Waals surface area contributed by atoms with Gasteiger partial charge in [-0.25, -0.2) is 4.90 Å². The van der Waals surface area contributed by atoms with Crippen LogP contribution in [0.2, 0.25) is 0 Å². The Bertz CT molecular complexity index is 1030. The molecule has 0 saturated carbocycles. The van der Waals surface area contributed by atoms with Gasteiger partial charge < -0.3 is 19.5 Å². The van der Waals surface area contributed by atoms with Crippen molar-refractivity contribution in [1.29, 1.82) is 0 Å². The molecule has 0 bridgehead atoms. The van der Waals surface area contributed by atoms with Crippen molar-refractivity contribution in [2.75, 3.05) is 58.5 Å². The van der Waals surface area contributed by atoms with Gasteiger partial charge in [-0.2, -0.15) is 0 Å². The lowest BCUT2D eigenvalue weighted by Gasteiger charge is -2.36. The third-order valence-corrected chi connectivity index (χ3v) is 5.85. The predicted molar refractivity (Wildman–Crippen MR) is 120 cm³/mol. The molecule has 0 unspecified atom stereocenters. The second kappa shape index (κ2) is 9.42. The van der Waals surface area contributed by atoms with E-state index in [-0.39, 0.29) is 18.4 Å². The Morgan fingerprint density at radius 2 is 1.62 bits per heavy atom. The minimum Gasteiger partial charge on any atom is -0.497 e. The van der Waals surface area contributed by atoms with Crippen molar-refractivity contribution in [3.8, 4) is 11.5 Å². The largest absolute Gasteiger partial charge is 0.497 e. The molecule has 4 rings (SSSR count). The molecule has 1 saturated heterocycles. The first kappa shape index (κ1) is 21.9. The van der Waals surface area contributed by atoms with Gasteiger partial charge in [0.25, 0.3) is 11.8 Å². The van der Waals surface area contributed by atoms with E-state index >= 15 is 0 Å². The van der Waals surface area contributed by atoms with Crippen LogP contribution in [-0.2, 0) is 9.59 Å². The first-order chi connectivity index (χ1) is 15.6. The number of β-amino-alcohol motifs (C(OH)–C–C–N with tert-alkyl or cyclic N) is 1. The van der Waals surface area contributed by atoms with Crippen LogP contribution in [0, 0.1) is 0 Å². The van der Waals surface area contributed by atoms with Gasteiger partial charge in [-0.1, -0.05) is 30.3 Å². The average Bonchev–Trinajstić information content (AvgIpc) is 3.09. The van der Waals surface area contributed by atoms with E-state index in [4.69, 9.17) is 9.47 Å². The van der Waals surface area contributed by atoms with Gasteiger partial charge in [-0.05, 0) is 17.7 Å². The molecule has 2 aromatic carbocycles. The minimum absolute atomic E-state index is 0.0976. The number of aliphatic hydroxyl groups is 1. The Balaban J connectivity index is 1.75. The van der Waals surface area contributed by atoms with E-state index in [0.717, 1.165) is 0 Å². The summed E-state index contributed by atoms with van der Waals surface area (Å²) in [4.78, 5) is 32.7. The molecule has 2 heterocycles. The van der Waals surface area contributed by atoms with Crippen LogP contribution >= 0.6 is 0 Å². The second-order valence-electron chi connectivity index (χ2n) is 7.63. The van der Waals surface area contributed by atoms with E-state index in [1.165, 1.54) is 12.0 Å². The second-order valence-corrected chi connectivity index (χ2v) is 7.63. The maximum atomic E-state index is 13.7. The lowest BCUT2D eigenvalue weighted by Crippen LogP contribution is -2.48. The number of amides is 2. The third-order valence-electron chi connectivity index (χ3n) is 5.85. The van der Waals surface area contributed by atoms with Crippen LogP contribution in [0.4, 0.5) is 5.69 Å². The summed E-state index contributed by atoms with van der Waals surface area (Å²) in [5, 5.41) is 9.22. The van der Waals surface area contributed by atoms with E-state index in [9.17, 15) is 14.7 Å². The van der Waals surface area contributed by atoms with Gasteiger partial charge in [0.15, 0.2) is 0 Å². The van der Waals surface area contributed by atoms with Crippen LogP contribution in [-0.4, -0.2) is 80.3 Å². The van der Waals surface area contributed by atoms with Crippen molar-refractivity contribution < 1.29 is 24.2 Å². The lowest BCUT2D eigenvalue weighted by molar-refractivity contribution is -0.120. The molecule has 0 atom stereocenters. The van der Waals surface area contributed by atoms with Gasteiger partial charge in [0, 0.05) is 38.8 Å². The lowest BCUT2D eigenvalue weighted by atomic mass is 10.0. The highest BCUT2D eigenvalue weighted by atomic mass is 16.5. The number of hydrogen-bond acceptors (Lipinski definition) is 7. The zero-order valence-corrected chi connectivity index (χ0v) is 18.3. The van der Waals surface area contributed by atoms with Crippen molar-refractivity contribution in [2.24, 2.45) is 0 Å². The van der Waals surface area contributed by atoms with Gasteiger partial charge in [-0.3, -0.25) is 14.5 Å². The Morgan fingerprint density at radius 1 is 0.906 bits per heavy atom. The number of aliphatic hydroxyl groups excluding tert-OH is 1. The van der Waals surface area contributed by atoms with Gasteiger partial charge in [0.05, 0.1) is 32.1 Å². The zero-order chi connectivity index (χ0) is 22.7. The smallest absolute Gasteiger partial charge is 0.282 e. The molecule has 32 heavy (non-hydrogen) atoms. The molecule has 2 aliphatic rings. The molecule has 168 valence electrons. The third kappa shape index (κ3) is 3.94. The molecular formula is C24H27N3O5. The average molecular weight is 437 g/mol. The Kier molecular flexibility index (Phi) is 6.43. The number of ether oxygens (including phenoxy) is 2. The topological polar surface area (TPSA) is 82.5 Å². The van der Waals surface area contributed by atoms with Crippen LogP contribution in [0.25, 0.3) is 5.57 Å². The Hall–Kier alpha value is -3.36. The Labute approximate surface area is 187 Å². The van der Waals surface area contributed by atoms with E-state index in [0.29, 0.717) is 66.7 Å². The normalized spacial score (nSPS) is 17.3. The standard InChI is InChI=1S/C24H27N3O5/c1-31-18-8-9-19(20(16-18)32-2)27-23(29)21(17-6-4-3-5-7-17)22(24(27)30)26-12-10-25(11-13-26)14-15-28/h3-9,16,28H,10-15H2,1-2H3. The van der Waals surface area contributed by atoms with E-state index in [1.54, 1.807) is 25.3 Å². The van der Waals surface area contributed by atoms with Gasteiger partial charge in [-0.15, -0.1) is 0 Å². The van der Waals surface area contributed by atoms with Gasteiger partial charge >= 0.3 is 0 Å². The van der Waals surface area contributed by atoms with Crippen molar-refractivity contribution in [1.82, 2.24) is 9.80 Å². The molecule has 0 aromatic heterocycles. The number of benzene rings is 2. The Morgan fingerprint density at radius 3 is 2.25 bits per heavy atom. The molecular weight excluding hydrogens is 410 g/mol. The molecule has 0 radical (unpaired) electrons. The fourth-order valence-electron chi connectivity index (χ4n) is 4.20. The van der Waals surface area contributed by atoms with Crippen LogP contribution in [0.1, 0.15) is 5.56 Å². The SMILES string of the molecule is COc1ccc(N2C(=O)C(c3ccccc3)=C(N3CCN(CCO)CC3)C2=O)c(OC)c1. The first-order valence-electron chi connectivity index (χ1n) is 10.6. The number of anilines is 1. The predicted octanol–water partition coefficient (Wildman–Crippen LogP) is 1.60. The van der Waals surface area contributed by atoms with E-state index in [1.807, 2.05) is 35.2 Å². The van der Waals surface area contributed by atoms with E-state index in [2.05, 4.69) is 4.90 Å². The maximum Gasteiger partial charge on any atom is 0.282 e. The summed E-state index contributed by atoms with van der Waals surface area (Å²) in [6.07, 6.45) is 0. The summed E-state index contributed by atoms with van der Waals surface area (Å²) in [5.41, 5.74) is 1.88. The molecule has 8 nitrogen and oxygen atoms in total. The number of methoxy groups -OCH3 is 2. The number of hydrogen-bond donors (Lipinski definition) is 1. The van der Waals surface area contributed by atoms with Crippen LogP contribution in [0.15, 0.2) is 54.2 Å². The fraction of sp³-hybridized carbons (Fsp3) is 0.333. The number of carbonyl (C=O) groups excluding carboxylic acids is 2. The summed E-state index contributed by atoms with van der Waals surface area (Å²) >= 11 is 0. The monoisotopic (exact) mass is 437 g/mol. The molecule has 2 amide bonds. The maximum absolute atomic E-state index is 13.7. The zero-order valence-electron chi connectivity index (χ0n) is 18.3. The highest BCUT2D eigenvalue weighted by molar-refractivity contribution is 6.45. The first-order valence-corrected chi connectivity index (χ1v) is 10.6. The summed E-state index contributed by atoms with van der Waals surface area (Å²) in [6, 6.07) is 14.3. The summed E-state index contributed by atoms with van der Waals surface area (Å²) in [7, 11) is 3.04. The molecule has 2 aromatic rings. The molecule has 8 heteroatoms.